The van der Waals surface area contributed by atoms with Crippen molar-refractivity contribution in [1.29, 1.82) is 0 Å². The summed E-state index contributed by atoms with van der Waals surface area (Å²) in [4.78, 5) is 23.2. The number of carbonyl (C=O) groups excluding carboxylic acids is 1. The van der Waals surface area contributed by atoms with Crippen LogP contribution in [0.5, 0.6) is 0 Å². The topological polar surface area (TPSA) is 51.0 Å². The molecule has 0 aliphatic carbocycles. The van der Waals surface area contributed by atoms with Gasteiger partial charge in [0.15, 0.2) is 11.5 Å². The first-order valence-electron chi connectivity index (χ1n) is 9.60. The molecule has 2 aromatic heterocycles. The lowest BCUT2D eigenvalue weighted by Crippen LogP contribution is -2.65. The zero-order chi connectivity index (χ0) is 20.1. The molecule has 3 heterocycles. The number of alkyl halides is 1. The fourth-order valence-electron chi connectivity index (χ4n) is 3.67. The number of Topliss-reactive ketones (excluding diaryl/α,β-unsaturated/α-hetero) is 1. The first-order valence-corrected chi connectivity index (χ1v) is 9.60. The van der Waals surface area contributed by atoms with Crippen LogP contribution in [0.15, 0.2) is 36.7 Å². The van der Waals surface area contributed by atoms with E-state index >= 15 is 0 Å². The van der Waals surface area contributed by atoms with Gasteiger partial charge >= 0.3 is 0 Å². The Kier molecular flexibility index (Phi) is 4.54. The van der Waals surface area contributed by atoms with Gasteiger partial charge < -0.3 is 4.57 Å². The SMILES string of the molecule is Cc1ncc(-c2ccc3cnc(CC(=O)C4(F)CN(C(C)C)C4)cc3c2)n1C. The molecule has 6 heteroatoms. The minimum Gasteiger partial charge on any atom is -0.331 e. The molecular formula is C22H25FN4O. The van der Waals surface area contributed by atoms with Crippen molar-refractivity contribution in [1.82, 2.24) is 19.4 Å². The molecule has 0 atom stereocenters. The quantitative estimate of drug-likeness (QED) is 0.680. The van der Waals surface area contributed by atoms with Gasteiger partial charge in [0, 0.05) is 49.0 Å². The van der Waals surface area contributed by atoms with Crippen LogP contribution in [0, 0.1) is 6.92 Å². The summed E-state index contributed by atoms with van der Waals surface area (Å²) in [6.07, 6.45) is 3.63. The molecule has 1 fully saturated rings. The van der Waals surface area contributed by atoms with Crippen LogP contribution in [0.25, 0.3) is 22.0 Å². The van der Waals surface area contributed by atoms with Crippen LogP contribution in [0.3, 0.4) is 0 Å². The van der Waals surface area contributed by atoms with Crippen molar-refractivity contribution in [3.63, 3.8) is 0 Å². The Bertz CT molecular complexity index is 1050. The number of rotatable bonds is 5. The fraction of sp³-hybridized carbons (Fsp3) is 0.409. The molecule has 0 spiro atoms. The highest BCUT2D eigenvalue weighted by Crippen LogP contribution is 2.30. The summed E-state index contributed by atoms with van der Waals surface area (Å²) >= 11 is 0. The van der Waals surface area contributed by atoms with Crippen LogP contribution in [0.1, 0.15) is 25.4 Å². The number of aryl methyl sites for hydroxylation is 1. The number of pyridine rings is 1. The van der Waals surface area contributed by atoms with Crippen molar-refractivity contribution >= 4 is 16.6 Å². The molecule has 146 valence electrons. The summed E-state index contributed by atoms with van der Waals surface area (Å²) in [6.45, 7) is 6.35. The van der Waals surface area contributed by atoms with E-state index in [1.54, 1.807) is 6.20 Å². The summed E-state index contributed by atoms with van der Waals surface area (Å²) in [5.41, 5.74) is 0.942. The molecule has 4 rings (SSSR count). The molecular weight excluding hydrogens is 355 g/mol. The number of imidazole rings is 1. The van der Waals surface area contributed by atoms with E-state index in [1.165, 1.54) is 0 Å². The average Bonchev–Trinajstić information content (AvgIpc) is 2.97. The fourth-order valence-corrected chi connectivity index (χ4v) is 3.67. The van der Waals surface area contributed by atoms with Gasteiger partial charge in [0.2, 0.25) is 0 Å². The van der Waals surface area contributed by atoms with E-state index in [1.807, 2.05) is 61.7 Å². The van der Waals surface area contributed by atoms with Crippen LogP contribution in [-0.4, -0.2) is 50.0 Å². The number of likely N-dealkylation sites (tertiary alicyclic amines) is 1. The number of carbonyl (C=O) groups is 1. The lowest BCUT2D eigenvalue weighted by atomic mass is 9.87. The van der Waals surface area contributed by atoms with Gasteiger partial charge in [-0.1, -0.05) is 12.1 Å². The lowest BCUT2D eigenvalue weighted by molar-refractivity contribution is -0.144. The monoisotopic (exact) mass is 380 g/mol. The summed E-state index contributed by atoms with van der Waals surface area (Å²) in [5, 5.41) is 1.97. The van der Waals surface area contributed by atoms with Crippen molar-refractivity contribution in [2.45, 2.75) is 38.9 Å². The van der Waals surface area contributed by atoms with E-state index < -0.39 is 5.67 Å². The number of aromatic nitrogens is 3. The van der Waals surface area contributed by atoms with Crippen molar-refractivity contribution in [2.24, 2.45) is 7.05 Å². The Hall–Kier alpha value is -2.60. The lowest BCUT2D eigenvalue weighted by Gasteiger charge is -2.45. The molecule has 1 aliphatic heterocycles. The van der Waals surface area contributed by atoms with E-state index in [9.17, 15) is 9.18 Å². The van der Waals surface area contributed by atoms with Crippen molar-refractivity contribution in [3.8, 4) is 11.3 Å². The summed E-state index contributed by atoms with van der Waals surface area (Å²) < 4.78 is 16.9. The maximum Gasteiger partial charge on any atom is 0.194 e. The van der Waals surface area contributed by atoms with E-state index in [0.717, 1.165) is 27.9 Å². The molecule has 1 saturated heterocycles. The van der Waals surface area contributed by atoms with E-state index in [0.29, 0.717) is 5.69 Å². The zero-order valence-electron chi connectivity index (χ0n) is 16.7. The molecule has 1 aliphatic rings. The van der Waals surface area contributed by atoms with Crippen LogP contribution in [-0.2, 0) is 18.3 Å². The normalized spacial score (nSPS) is 16.5. The summed E-state index contributed by atoms with van der Waals surface area (Å²) in [5.74, 6) is 0.565. The second-order valence-corrected chi connectivity index (χ2v) is 8.05. The number of hydrogen-bond donors (Lipinski definition) is 0. The molecule has 28 heavy (non-hydrogen) atoms. The van der Waals surface area contributed by atoms with Gasteiger partial charge in [0.25, 0.3) is 0 Å². The van der Waals surface area contributed by atoms with E-state index in [2.05, 4.69) is 16.0 Å². The van der Waals surface area contributed by atoms with Gasteiger partial charge in [-0.05, 0) is 38.3 Å². The number of fused-ring (bicyclic) bond motifs is 1. The van der Waals surface area contributed by atoms with Gasteiger partial charge in [0.1, 0.15) is 5.82 Å². The molecule has 3 aromatic rings. The zero-order valence-corrected chi connectivity index (χ0v) is 16.7. The third kappa shape index (κ3) is 3.22. The number of ketones is 1. The smallest absolute Gasteiger partial charge is 0.194 e. The molecule has 0 radical (unpaired) electrons. The molecule has 5 nitrogen and oxygen atoms in total. The standard InChI is InChI=1S/C22H25FN4O/c1-14(2)27-12-22(23,13-27)21(28)9-19-8-18-7-16(5-6-17(18)10-25-19)20-11-24-15(3)26(20)4/h5-8,10-11,14H,9,12-13H2,1-4H3. The van der Waals surface area contributed by atoms with Crippen molar-refractivity contribution in [2.75, 3.05) is 13.1 Å². The second kappa shape index (κ2) is 6.78. The van der Waals surface area contributed by atoms with Crippen molar-refractivity contribution in [3.05, 3.63) is 48.2 Å². The number of benzene rings is 1. The first-order chi connectivity index (χ1) is 13.3. The Morgan fingerprint density at radius 2 is 1.93 bits per heavy atom. The van der Waals surface area contributed by atoms with Gasteiger partial charge in [0.05, 0.1) is 18.3 Å². The van der Waals surface area contributed by atoms with E-state index in [4.69, 9.17) is 0 Å². The Labute approximate surface area is 164 Å². The maximum absolute atomic E-state index is 14.8. The molecule has 0 bridgehead atoms. The number of halogens is 1. The highest BCUT2D eigenvalue weighted by Gasteiger charge is 2.49. The van der Waals surface area contributed by atoms with E-state index in [-0.39, 0.29) is 31.3 Å². The third-order valence-corrected chi connectivity index (χ3v) is 5.77. The molecule has 0 saturated carbocycles. The predicted octanol–water partition coefficient (Wildman–Crippen LogP) is 3.49. The molecule has 1 aromatic carbocycles. The predicted molar refractivity (Wildman–Crippen MR) is 108 cm³/mol. The van der Waals surface area contributed by atoms with Gasteiger partial charge in [-0.25, -0.2) is 9.37 Å². The highest BCUT2D eigenvalue weighted by atomic mass is 19.1. The van der Waals surface area contributed by atoms with Crippen LogP contribution in [0.4, 0.5) is 4.39 Å². The summed E-state index contributed by atoms with van der Waals surface area (Å²) in [6, 6.07) is 8.26. The largest absolute Gasteiger partial charge is 0.331 e. The Balaban J connectivity index is 1.57. The van der Waals surface area contributed by atoms with Crippen molar-refractivity contribution < 1.29 is 9.18 Å². The molecule has 0 amide bonds. The second-order valence-electron chi connectivity index (χ2n) is 8.05. The maximum atomic E-state index is 14.8. The average molecular weight is 380 g/mol. The van der Waals surface area contributed by atoms with Crippen LogP contribution in [0.2, 0.25) is 0 Å². The first kappa shape index (κ1) is 18.7. The third-order valence-electron chi connectivity index (χ3n) is 5.77. The van der Waals surface area contributed by atoms with Crippen LogP contribution < -0.4 is 0 Å². The number of nitrogens with zero attached hydrogens (tertiary/aromatic N) is 4. The summed E-state index contributed by atoms with van der Waals surface area (Å²) in [7, 11) is 1.98. The van der Waals surface area contributed by atoms with Crippen LogP contribution >= 0.6 is 0 Å². The Morgan fingerprint density at radius 1 is 1.18 bits per heavy atom. The van der Waals surface area contributed by atoms with Gasteiger partial charge in [-0.15, -0.1) is 0 Å². The number of hydrogen-bond acceptors (Lipinski definition) is 4. The minimum absolute atomic E-state index is 0.0213. The minimum atomic E-state index is -1.74. The Morgan fingerprint density at radius 3 is 2.57 bits per heavy atom. The van der Waals surface area contributed by atoms with Gasteiger partial charge in [-0.2, -0.15) is 0 Å². The molecule has 0 unspecified atom stereocenters. The van der Waals surface area contributed by atoms with Gasteiger partial charge in [-0.3, -0.25) is 14.7 Å². The molecule has 0 N–H and O–H groups in total. The highest BCUT2D eigenvalue weighted by molar-refractivity contribution is 5.92.